The van der Waals surface area contributed by atoms with Gasteiger partial charge in [0.15, 0.2) is 11.5 Å². The Labute approximate surface area is 225 Å². The summed E-state index contributed by atoms with van der Waals surface area (Å²) in [5, 5.41) is 4.00. The molecule has 2 aromatic rings. The number of carbonyl (C=O) groups excluding carboxylic acids is 2. The molecule has 6 nitrogen and oxygen atoms in total. The minimum Gasteiger partial charge on any atom is -0.490 e. The predicted octanol–water partition coefficient (Wildman–Crippen LogP) is 6.45. The highest BCUT2D eigenvalue weighted by Gasteiger charge is 2.29. The van der Waals surface area contributed by atoms with Crippen LogP contribution in [0.4, 0.5) is 0 Å². The van der Waals surface area contributed by atoms with Crippen LogP contribution in [0.1, 0.15) is 65.0 Å². The van der Waals surface area contributed by atoms with Crippen LogP contribution in [0.2, 0.25) is 10.0 Å². The second-order valence-electron chi connectivity index (χ2n) is 8.65. The van der Waals surface area contributed by atoms with Crippen LogP contribution in [0.3, 0.4) is 0 Å². The minimum atomic E-state index is -0.613. The molecule has 0 aliphatic rings. The monoisotopic (exact) mass is 536 g/mol. The van der Waals surface area contributed by atoms with E-state index in [-0.39, 0.29) is 30.8 Å². The summed E-state index contributed by atoms with van der Waals surface area (Å²) in [4.78, 5) is 28.3. The Morgan fingerprint density at radius 1 is 0.944 bits per heavy atom. The van der Waals surface area contributed by atoms with E-state index in [0.29, 0.717) is 47.6 Å². The number of hydrogen-bond donors (Lipinski definition) is 1. The Morgan fingerprint density at radius 2 is 1.64 bits per heavy atom. The first-order valence-electron chi connectivity index (χ1n) is 12.7. The highest BCUT2D eigenvalue weighted by molar-refractivity contribution is 6.35. The van der Waals surface area contributed by atoms with Gasteiger partial charge in [-0.25, -0.2) is 0 Å². The van der Waals surface area contributed by atoms with E-state index >= 15 is 0 Å². The number of rotatable bonds is 14. The largest absolute Gasteiger partial charge is 0.490 e. The molecule has 0 saturated carbocycles. The lowest BCUT2D eigenvalue weighted by atomic mass is 10.0. The molecular weight excluding hydrogens is 499 g/mol. The average molecular weight is 538 g/mol. The van der Waals surface area contributed by atoms with Crippen LogP contribution in [0, 0.1) is 0 Å². The summed E-state index contributed by atoms with van der Waals surface area (Å²) in [5.74, 6) is 1.05. The predicted molar refractivity (Wildman–Crippen MR) is 146 cm³/mol. The van der Waals surface area contributed by atoms with Crippen molar-refractivity contribution in [2.75, 3.05) is 13.2 Å². The third-order valence-corrected chi connectivity index (χ3v) is 6.57. The van der Waals surface area contributed by atoms with Crippen molar-refractivity contribution in [1.29, 1.82) is 0 Å². The van der Waals surface area contributed by atoms with Gasteiger partial charge in [-0.3, -0.25) is 9.59 Å². The number of aryl methyl sites for hydroxylation is 1. The molecular formula is C28H38Cl2N2O4. The van der Waals surface area contributed by atoms with Crippen molar-refractivity contribution in [3.8, 4) is 11.5 Å². The first kappa shape index (κ1) is 29.8. The van der Waals surface area contributed by atoms with Gasteiger partial charge in [-0.1, -0.05) is 49.2 Å². The number of carbonyl (C=O) groups is 2. The lowest BCUT2D eigenvalue weighted by Gasteiger charge is -2.32. The number of nitrogens with zero attached hydrogens (tertiary/aromatic N) is 1. The quantitative estimate of drug-likeness (QED) is 0.301. The fourth-order valence-electron chi connectivity index (χ4n) is 3.84. The standard InChI is InChI=1S/C28H38Cl2N2O4/c1-6-19(5)31-28(34)24(7-2)32(18-21-12-13-22(29)17-23(21)30)27(33)15-11-20-10-14-25(35-8-3)26(16-20)36-9-4/h10,12-14,16-17,19,24H,6-9,11,15,18H2,1-5H3,(H,31,34)/t19-,24+/m1/s1. The van der Waals surface area contributed by atoms with E-state index in [1.54, 1.807) is 23.1 Å². The van der Waals surface area contributed by atoms with E-state index in [2.05, 4.69) is 5.32 Å². The van der Waals surface area contributed by atoms with E-state index in [9.17, 15) is 9.59 Å². The van der Waals surface area contributed by atoms with E-state index in [4.69, 9.17) is 32.7 Å². The minimum absolute atomic E-state index is 0.0171. The van der Waals surface area contributed by atoms with Crippen molar-refractivity contribution < 1.29 is 19.1 Å². The molecule has 8 heteroatoms. The van der Waals surface area contributed by atoms with E-state index in [0.717, 1.165) is 17.5 Å². The Hall–Kier alpha value is -2.44. The van der Waals surface area contributed by atoms with Crippen molar-refractivity contribution in [2.45, 2.75) is 78.9 Å². The topological polar surface area (TPSA) is 67.9 Å². The van der Waals surface area contributed by atoms with Crippen LogP contribution in [-0.4, -0.2) is 42.0 Å². The van der Waals surface area contributed by atoms with Crippen molar-refractivity contribution in [3.05, 3.63) is 57.6 Å². The molecule has 1 N–H and O–H groups in total. The SMILES string of the molecule is CCOc1ccc(CCC(=O)N(Cc2ccc(Cl)cc2Cl)[C@@H](CC)C(=O)N[C@H](C)CC)cc1OCC. The van der Waals surface area contributed by atoms with Crippen LogP contribution in [0.5, 0.6) is 11.5 Å². The maximum atomic E-state index is 13.6. The first-order chi connectivity index (χ1) is 17.2. The molecule has 0 fully saturated rings. The van der Waals surface area contributed by atoms with Gasteiger partial charge in [-0.05, 0) is 75.4 Å². The molecule has 0 radical (unpaired) electrons. The first-order valence-corrected chi connectivity index (χ1v) is 13.4. The van der Waals surface area contributed by atoms with Crippen LogP contribution >= 0.6 is 23.2 Å². The van der Waals surface area contributed by atoms with E-state index in [1.807, 2.05) is 52.8 Å². The molecule has 0 saturated heterocycles. The third-order valence-electron chi connectivity index (χ3n) is 5.98. The zero-order valence-electron chi connectivity index (χ0n) is 21.9. The normalized spacial score (nSPS) is 12.5. The highest BCUT2D eigenvalue weighted by atomic mass is 35.5. The number of ether oxygens (including phenoxy) is 2. The summed E-state index contributed by atoms with van der Waals surface area (Å²) in [5.41, 5.74) is 1.70. The molecule has 198 valence electrons. The highest BCUT2D eigenvalue weighted by Crippen LogP contribution is 2.29. The van der Waals surface area contributed by atoms with Gasteiger partial charge in [-0.2, -0.15) is 0 Å². The fraction of sp³-hybridized carbons (Fsp3) is 0.500. The number of amides is 2. The van der Waals surface area contributed by atoms with Crippen molar-refractivity contribution >= 4 is 35.0 Å². The summed E-state index contributed by atoms with van der Waals surface area (Å²) in [6, 6.07) is 10.3. The molecule has 0 bridgehead atoms. The zero-order chi connectivity index (χ0) is 26.7. The van der Waals surface area contributed by atoms with Crippen LogP contribution < -0.4 is 14.8 Å². The lowest BCUT2D eigenvalue weighted by molar-refractivity contribution is -0.141. The summed E-state index contributed by atoms with van der Waals surface area (Å²) >= 11 is 12.5. The Bertz CT molecular complexity index is 1020. The van der Waals surface area contributed by atoms with Crippen molar-refractivity contribution in [3.63, 3.8) is 0 Å². The van der Waals surface area contributed by atoms with Crippen molar-refractivity contribution in [1.82, 2.24) is 10.2 Å². The molecule has 0 spiro atoms. The van der Waals surface area contributed by atoms with Gasteiger partial charge in [0.2, 0.25) is 11.8 Å². The number of nitrogens with one attached hydrogen (secondary N) is 1. The molecule has 2 rings (SSSR count). The van der Waals surface area contributed by atoms with Crippen LogP contribution in [0.25, 0.3) is 0 Å². The Morgan fingerprint density at radius 3 is 2.25 bits per heavy atom. The Balaban J connectivity index is 2.27. The third kappa shape index (κ3) is 8.59. The Kier molecular flexibility index (Phi) is 12.4. The molecule has 0 aliphatic carbocycles. The molecule has 2 amide bonds. The van der Waals surface area contributed by atoms with Crippen molar-refractivity contribution in [2.24, 2.45) is 0 Å². The summed E-state index contributed by atoms with van der Waals surface area (Å²) in [7, 11) is 0. The van der Waals surface area contributed by atoms with Gasteiger partial charge in [0, 0.05) is 29.1 Å². The number of hydrogen-bond acceptors (Lipinski definition) is 4. The van der Waals surface area contributed by atoms with E-state index < -0.39 is 6.04 Å². The summed E-state index contributed by atoms with van der Waals surface area (Å²) < 4.78 is 11.4. The van der Waals surface area contributed by atoms with Gasteiger partial charge in [0.1, 0.15) is 6.04 Å². The average Bonchev–Trinajstić information content (AvgIpc) is 2.85. The van der Waals surface area contributed by atoms with Gasteiger partial charge >= 0.3 is 0 Å². The maximum absolute atomic E-state index is 13.6. The molecule has 0 unspecified atom stereocenters. The molecule has 2 aromatic carbocycles. The molecule has 0 aliphatic heterocycles. The van der Waals surface area contributed by atoms with Gasteiger partial charge in [0.05, 0.1) is 13.2 Å². The fourth-order valence-corrected chi connectivity index (χ4v) is 4.31. The van der Waals surface area contributed by atoms with Gasteiger partial charge in [0.25, 0.3) is 0 Å². The molecule has 0 heterocycles. The second kappa shape index (κ2) is 15.0. The zero-order valence-corrected chi connectivity index (χ0v) is 23.4. The van der Waals surface area contributed by atoms with E-state index in [1.165, 1.54) is 0 Å². The molecule has 2 atom stereocenters. The summed E-state index contributed by atoms with van der Waals surface area (Å²) in [6.45, 7) is 11.0. The molecule has 36 heavy (non-hydrogen) atoms. The maximum Gasteiger partial charge on any atom is 0.243 e. The van der Waals surface area contributed by atoms with Crippen LogP contribution in [-0.2, 0) is 22.6 Å². The number of benzene rings is 2. The van der Waals surface area contributed by atoms with Gasteiger partial charge < -0.3 is 19.7 Å². The second-order valence-corrected chi connectivity index (χ2v) is 9.49. The van der Waals surface area contributed by atoms with Crippen LogP contribution in [0.15, 0.2) is 36.4 Å². The number of halogens is 2. The smallest absolute Gasteiger partial charge is 0.243 e. The van der Waals surface area contributed by atoms with Gasteiger partial charge in [-0.15, -0.1) is 0 Å². The summed E-state index contributed by atoms with van der Waals surface area (Å²) in [6.07, 6.45) is 2.02. The lowest BCUT2D eigenvalue weighted by Crippen LogP contribution is -2.50. The molecule has 0 aromatic heterocycles.